The number of aromatic nitrogens is 4. The molecule has 0 aliphatic carbocycles. The maximum absolute atomic E-state index is 5.83. The van der Waals surface area contributed by atoms with Crippen LogP contribution >= 0.6 is 11.8 Å². The summed E-state index contributed by atoms with van der Waals surface area (Å²) in [5.74, 6) is 3.62. The van der Waals surface area contributed by atoms with E-state index in [0.29, 0.717) is 11.6 Å². The van der Waals surface area contributed by atoms with Crippen molar-refractivity contribution in [1.29, 1.82) is 0 Å². The quantitative estimate of drug-likeness (QED) is 0.498. The van der Waals surface area contributed by atoms with Crippen LogP contribution in [0.3, 0.4) is 0 Å². The monoisotopic (exact) mass is 352 g/mol. The maximum atomic E-state index is 5.83. The van der Waals surface area contributed by atoms with Crippen LogP contribution in [0.15, 0.2) is 62.8 Å². The van der Waals surface area contributed by atoms with Crippen LogP contribution in [0.5, 0.6) is 0 Å². The average Bonchev–Trinajstić information content (AvgIpc) is 3.35. The molecule has 6 nitrogen and oxygen atoms in total. The minimum absolute atomic E-state index is 0.586. The van der Waals surface area contributed by atoms with Gasteiger partial charge in [0.1, 0.15) is 5.76 Å². The summed E-state index contributed by atoms with van der Waals surface area (Å²) in [7, 11) is 1.94. The van der Waals surface area contributed by atoms with Crippen molar-refractivity contribution in [3.63, 3.8) is 0 Å². The van der Waals surface area contributed by atoms with Crippen molar-refractivity contribution < 1.29 is 8.83 Å². The van der Waals surface area contributed by atoms with Gasteiger partial charge in [-0.2, -0.15) is 0 Å². The number of nitrogens with zero attached hydrogens (tertiary/aromatic N) is 4. The fourth-order valence-electron chi connectivity index (χ4n) is 2.53. The molecule has 25 heavy (non-hydrogen) atoms. The molecule has 0 unspecified atom stereocenters. The molecule has 7 heteroatoms. The van der Waals surface area contributed by atoms with Crippen LogP contribution in [0.4, 0.5) is 0 Å². The third-order valence-corrected chi connectivity index (χ3v) is 4.88. The largest absolute Gasteiger partial charge is 0.469 e. The van der Waals surface area contributed by atoms with Gasteiger partial charge in [-0.25, -0.2) is 4.98 Å². The highest BCUT2D eigenvalue weighted by Gasteiger charge is 2.15. The Morgan fingerprint density at radius 1 is 1.12 bits per heavy atom. The lowest BCUT2D eigenvalue weighted by molar-refractivity contribution is 0.529. The zero-order valence-corrected chi connectivity index (χ0v) is 14.7. The van der Waals surface area contributed by atoms with Crippen LogP contribution < -0.4 is 0 Å². The Kier molecular flexibility index (Phi) is 4.15. The molecule has 0 fully saturated rings. The minimum atomic E-state index is 0.586. The van der Waals surface area contributed by atoms with Crippen molar-refractivity contribution in [2.45, 2.75) is 17.8 Å². The van der Waals surface area contributed by atoms with E-state index in [2.05, 4.69) is 15.2 Å². The number of hydrogen-bond donors (Lipinski definition) is 0. The molecule has 4 rings (SSSR count). The molecule has 0 aliphatic heterocycles. The average molecular weight is 352 g/mol. The Balaban J connectivity index is 1.49. The second-order valence-corrected chi connectivity index (χ2v) is 6.47. The van der Waals surface area contributed by atoms with Crippen molar-refractivity contribution >= 4 is 11.8 Å². The summed E-state index contributed by atoms with van der Waals surface area (Å²) < 4.78 is 13.1. The van der Waals surface area contributed by atoms with Gasteiger partial charge in [-0.15, -0.1) is 10.2 Å². The van der Waals surface area contributed by atoms with Crippen LogP contribution in [0.1, 0.15) is 11.7 Å². The zero-order valence-electron chi connectivity index (χ0n) is 13.8. The molecule has 3 heterocycles. The predicted octanol–water partition coefficient (Wildman–Crippen LogP) is 4.33. The van der Waals surface area contributed by atoms with Gasteiger partial charge in [-0.3, -0.25) is 0 Å². The third-order valence-electron chi connectivity index (χ3n) is 3.87. The summed E-state index contributed by atoms with van der Waals surface area (Å²) in [5, 5.41) is 9.32. The van der Waals surface area contributed by atoms with Gasteiger partial charge in [-0.1, -0.05) is 42.1 Å². The van der Waals surface area contributed by atoms with E-state index in [1.807, 2.05) is 54.9 Å². The standard InChI is InChI=1S/C18H16N4O2S/c1-12-14(8-9-23-12)17-20-21-18(22(17)2)25-11-16-19-10-15(24-16)13-6-4-3-5-7-13/h3-10H,11H2,1-2H3. The van der Waals surface area contributed by atoms with E-state index < -0.39 is 0 Å². The number of oxazole rings is 1. The molecule has 0 N–H and O–H groups in total. The fourth-order valence-corrected chi connectivity index (χ4v) is 3.30. The number of aryl methyl sites for hydroxylation is 1. The van der Waals surface area contributed by atoms with E-state index in [1.165, 1.54) is 11.8 Å². The van der Waals surface area contributed by atoms with Gasteiger partial charge in [0.05, 0.1) is 23.8 Å². The normalized spacial score (nSPS) is 11.1. The Morgan fingerprint density at radius 2 is 1.96 bits per heavy atom. The Bertz CT molecular complexity index is 988. The molecule has 0 atom stereocenters. The SMILES string of the molecule is Cc1occc1-c1nnc(SCc2ncc(-c3ccccc3)o2)n1C. The molecule has 0 aliphatic rings. The topological polar surface area (TPSA) is 69.9 Å². The lowest BCUT2D eigenvalue weighted by atomic mass is 10.2. The molecule has 0 amide bonds. The van der Waals surface area contributed by atoms with Crippen LogP contribution in [0.2, 0.25) is 0 Å². The highest BCUT2D eigenvalue weighted by atomic mass is 32.2. The van der Waals surface area contributed by atoms with E-state index in [-0.39, 0.29) is 0 Å². The fraction of sp³-hybridized carbons (Fsp3) is 0.167. The van der Waals surface area contributed by atoms with Crippen molar-refractivity contribution in [2.24, 2.45) is 7.05 Å². The molecule has 0 spiro atoms. The molecule has 0 radical (unpaired) electrons. The Labute approximate surface area is 148 Å². The van der Waals surface area contributed by atoms with E-state index >= 15 is 0 Å². The van der Waals surface area contributed by atoms with Crippen LogP contribution in [-0.4, -0.2) is 19.7 Å². The van der Waals surface area contributed by atoms with Gasteiger partial charge in [0.15, 0.2) is 16.7 Å². The first kappa shape index (κ1) is 15.7. The molecule has 4 aromatic rings. The van der Waals surface area contributed by atoms with Gasteiger partial charge < -0.3 is 13.4 Å². The summed E-state index contributed by atoms with van der Waals surface area (Å²) in [5.41, 5.74) is 1.96. The first-order valence-electron chi connectivity index (χ1n) is 7.79. The first-order chi connectivity index (χ1) is 12.2. The lowest BCUT2D eigenvalue weighted by Gasteiger charge is -2.01. The molecular weight excluding hydrogens is 336 g/mol. The van der Waals surface area contributed by atoms with Gasteiger partial charge in [0, 0.05) is 12.6 Å². The molecule has 126 valence electrons. The lowest BCUT2D eigenvalue weighted by Crippen LogP contribution is -1.95. The summed E-state index contributed by atoms with van der Waals surface area (Å²) in [6, 6.07) is 11.8. The van der Waals surface area contributed by atoms with E-state index in [0.717, 1.165) is 33.6 Å². The number of rotatable bonds is 5. The maximum Gasteiger partial charge on any atom is 0.205 e. The number of benzene rings is 1. The van der Waals surface area contributed by atoms with E-state index in [9.17, 15) is 0 Å². The van der Waals surface area contributed by atoms with Crippen molar-refractivity contribution in [3.05, 3.63) is 60.5 Å². The minimum Gasteiger partial charge on any atom is -0.469 e. The van der Waals surface area contributed by atoms with Crippen LogP contribution in [0, 0.1) is 6.92 Å². The highest BCUT2D eigenvalue weighted by molar-refractivity contribution is 7.98. The molecular formula is C18H16N4O2S. The van der Waals surface area contributed by atoms with Gasteiger partial charge >= 0.3 is 0 Å². The predicted molar refractivity (Wildman–Crippen MR) is 94.9 cm³/mol. The second kappa shape index (κ2) is 6.60. The van der Waals surface area contributed by atoms with E-state index in [1.54, 1.807) is 12.5 Å². The van der Waals surface area contributed by atoms with Crippen LogP contribution in [0.25, 0.3) is 22.7 Å². The van der Waals surface area contributed by atoms with Crippen molar-refractivity contribution in [1.82, 2.24) is 19.7 Å². The van der Waals surface area contributed by atoms with E-state index in [4.69, 9.17) is 8.83 Å². The summed E-state index contributed by atoms with van der Waals surface area (Å²) in [6.07, 6.45) is 3.41. The zero-order chi connectivity index (χ0) is 17.2. The Morgan fingerprint density at radius 3 is 2.72 bits per heavy atom. The van der Waals surface area contributed by atoms with Crippen molar-refractivity contribution in [3.8, 4) is 22.7 Å². The second-order valence-electron chi connectivity index (χ2n) is 5.53. The number of thioether (sulfide) groups is 1. The highest BCUT2D eigenvalue weighted by Crippen LogP contribution is 2.28. The summed E-state index contributed by atoms with van der Waals surface area (Å²) in [6.45, 7) is 1.91. The van der Waals surface area contributed by atoms with Crippen molar-refractivity contribution in [2.75, 3.05) is 0 Å². The Hall–Kier alpha value is -2.80. The molecule has 0 saturated carbocycles. The summed E-state index contributed by atoms with van der Waals surface area (Å²) in [4.78, 5) is 4.35. The van der Waals surface area contributed by atoms with Crippen LogP contribution in [-0.2, 0) is 12.8 Å². The third kappa shape index (κ3) is 3.10. The number of furan rings is 1. The molecule has 1 aromatic carbocycles. The molecule has 3 aromatic heterocycles. The number of hydrogen-bond acceptors (Lipinski definition) is 6. The van der Waals surface area contributed by atoms with Gasteiger partial charge in [0.2, 0.25) is 5.89 Å². The van der Waals surface area contributed by atoms with Gasteiger partial charge in [-0.05, 0) is 13.0 Å². The first-order valence-corrected chi connectivity index (χ1v) is 8.77. The molecule has 0 saturated heterocycles. The summed E-state index contributed by atoms with van der Waals surface area (Å²) >= 11 is 1.54. The van der Waals surface area contributed by atoms with Gasteiger partial charge in [0.25, 0.3) is 0 Å². The smallest absolute Gasteiger partial charge is 0.205 e. The molecule has 0 bridgehead atoms.